The Labute approximate surface area is 90.9 Å². The fraction of sp³-hybridized carbons (Fsp3) is 0.500. The molecule has 0 aliphatic rings. The van der Waals surface area contributed by atoms with E-state index in [0.29, 0.717) is 6.54 Å². The van der Waals surface area contributed by atoms with E-state index in [4.69, 9.17) is 5.73 Å². The minimum absolute atomic E-state index is 0.168. The van der Waals surface area contributed by atoms with E-state index >= 15 is 0 Å². The van der Waals surface area contributed by atoms with Gasteiger partial charge >= 0.3 is 0 Å². The molecule has 0 fully saturated rings. The topological polar surface area (TPSA) is 29.3 Å². The van der Waals surface area contributed by atoms with Crippen LogP contribution in [0.1, 0.15) is 12.0 Å². The Bertz CT molecular complexity index is 271. The second-order valence-electron chi connectivity index (χ2n) is 3.82. The second kappa shape index (κ2) is 6.53. The van der Waals surface area contributed by atoms with E-state index < -0.39 is 0 Å². The van der Waals surface area contributed by atoms with Gasteiger partial charge in [-0.05, 0) is 44.1 Å². The molecule has 0 aromatic heterocycles. The number of aryl methyl sites for hydroxylation is 1. The molecule has 1 aromatic rings. The molecule has 0 atom stereocenters. The molecule has 0 radical (unpaired) electrons. The lowest BCUT2D eigenvalue weighted by Gasteiger charge is -2.14. The van der Waals surface area contributed by atoms with Crippen molar-refractivity contribution in [3.05, 3.63) is 35.6 Å². The third kappa shape index (κ3) is 4.91. The summed E-state index contributed by atoms with van der Waals surface area (Å²) in [6, 6.07) is 6.72. The second-order valence-corrected chi connectivity index (χ2v) is 3.82. The van der Waals surface area contributed by atoms with Gasteiger partial charge < -0.3 is 10.6 Å². The van der Waals surface area contributed by atoms with Gasteiger partial charge in [-0.2, -0.15) is 0 Å². The van der Waals surface area contributed by atoms with Gasteiger partial charge in [0.25, 0.3) is 0 Å². The predicted molar refractivity (Wildman–Crippen MR) is 61.3 cm³/mol. The molecule has 0 spiro atoms. The number of nitrogens with zero attached hydrogens (tertiary/aromatic N) is 1. The molecular weight excluding hydrogens is 191 g/mol. The molecule has 2 nitrogen and oxygen atoms in total. The molecule has 0 unspecified atom stereocenters. The number of hydrogen-bond acceptors (Lipinski definition) is 2. The van der Waals surface area contributed by atoms with Crippen LogP contribution in [0.25, 0.3) is 0 Å². The van der Waals surface area contributed by atoms with E-state index in [1.165, 1.54) is 17.7 Å². The number of halogens is 1. The van der Waals surface area contributed by atoms with Gasteiger partial charge in [-0.1, -0.05) is 12.1 Å². The Kier molecular flexibility index (Phi) is 5.29. The van der Waals surface area contributed by atoms with Crippen LogP contribution in [0.5, 0.6) is 0 Å². The molecular formula is C12H19FN2. The molecule has 1 aromatic carbocycles. The molecule has 84 valence electrons. The van der Waals surface area contributed by atoms with E-state index in [0.717, 1.165) is 25.9 Å². The Morgan fingerprint density at radius 1 is 1.20 bits per heavy atom. The fourth-order valence-electron chi connectivity index (χ4n) is 1.54. The van der Waals surface area contributed by atoms with E-state index in [1.54, 1.807) is 0 Å². The van der Waals surface area contributed by atoms with E-state index in [-0.39, 0.29) is 5.82 Å². The summed E-state index contributed by atoms with van der Waals surface area (Å²) in [5.41, 5.74) is 6.64. The van der Waals surface area contributed by atoms with Crippen LogP contribution in [0, 0.1) is 5.82 Å². The van der Waals surface area contributed by atoms with Crippen LogP contribution in [-0.4, -0.2) is 31.6 Å². The van der Waals surface area contributed by atoms with Gasteiger partial charge in [-0.3, -0.25) is 0 Å². The van der Waals surface area contributed by atoms with Crippen molar-refractivity contribution in [3.8, 4) is 0 Å². The van der Waals surface area contributed by atoms with Crippen LogP contribution in [0.3, 0.4) is 0 Å². The van der Waals surface area contributed by atoms with Gasteiger partial charge in [0.05, 0.1) is 0 Å². The normalized spacial score (nSPS) is 10.9. The molecule has 0 saturated heterocycles. The fourth-order valence-corrected chi connectivity index (χ4v) is 1.54. The van der Waals surface area contributed by atoms with Gasteiger partial charge in [-0.15, -0.1) is 0 Å². The smallest absolute Gasteiger partial charge is 0.123 e. The van der Waals surface area contributed by atoms with Crippen LogP contribution >= 0.6 is 0 Å². The quantitative estimate of drug-likeness (QED) is 0.773. The Hall–Kier alpha value is -0.930. The maximum absolute atomic E-state index is 12.6. The molecule has 1 rings (SSSR count). The molecule has 0 bridgehead atoms. The summed E-state index contributed by atoms with van der Waals surface area (Å²) >= 11 is 0. The van der Waals surface area contributed by atoms with Crippen molar-refractivity contribution in [2.45, 2.75) is 12.8 Å². The molecule has 0 heterocycles. The van der Waals surface area contributed by atoms with Crippen molar-refractivity contribution in [1.82, 2.24) is 4.90 Å². The summed E-state index contributed by atoms with van der Waals surface area (Å²) in [6.45, 7) is 2.67. The third-order valence-electron chi connectivity index (χ3n) is 2.43. The van der Waals surface area contributed by atoms with Crippen molar-refractivity contribution in [2.24, 2.45) is 5.73 Å². The highest BCUT2D eigenvalue weighted by atomic mass is 19.1. The van der Waals surface area contributed by atoms with Crippen LogP contribution in [-0.2, 0) is 6.42 Å². The number of benzene rings is 1. The lowest BCUT2D eigenvalue weighted by molar-refractivity contribution is 0.338. The maximum atomic E-state index is 12.6. The summed E-state index contributed by atoms with van der Waals surface area (Å²) in [5.74, 6) is -0.168. The van der Waals surface area contributed by atoms with Gasteiger partial charge in [0.2, 0.25) is 0 Å². The van der Waals surface area contributed by atoms with Crippen molar-refractivity contribution < 1.29 is 4.39 Å². The molecule has 0 aliphatic carbocycles. The highest BCUT2D eigenvalue weighted by molar-refractivity contribution is 5.15. The van der Waals surface area contributed by atoms with Crippen molar-refractivity contribution in [2.75, 3.05) is 26.7 Å². The van der Waals surface area contributed by atoms with Gasteiger partial charge in [0.1, 0.15) is 5.82 Å². The van der Waals surface area contributed by atoms with Crippen LogP contribution in [0.15, 0.2) is 24.3 Å². The zero-order chi connectivity index (χ0) is 11.1. The minimum atomic E-state index is -0.168. The summed E-state index contributed by atoms with van der Waals surface area (Å²) in [5, 5.41) is 0. The van der Waals surface area contributed by atoms with E-state index in [9.17, 15) is 4.39 Å². The van der Waals surface area contributed by atoms with Crippen LogP contribution < -0.4 is 5.73 Å². The van der Waals surface area contributed by atoms with E-state index in [2.05, 4.69) is 11.9 Å². The Morgan fingerprint density at radius 3 is 2.47 bits per heavy atom. The van der Waals surface area contributed by atoms with Gasteiger partial charge in [0.15, 0.2) is 0 Å². The summed E-state index contributed by atoms with van der Waals surface area (Å²) in [6.07, 6.45) is 2.08. The zero-order valence-corrected chi connectivity index (χ0v) is 9.25. The average Bonchev–Trinajstić information content (AvgIpc) is 2.21. The number of likely N-dealkylation sites (N-methyl/N-ethyl adjacent to an activating group) is 1. The summed E-state index contributed by atoms with van der Waals surface area (Å²) in [7, 11) is 2.07. The Morgan fingerprint density at radius 2 is 1.87 bits per heavy atom. The van der Waals surface area contributed by atoms with Crippen molar-refractivity contribution in [1.29, 1.82) is 0 Å². The predicted octanol–water partition coefficient (Wildman–Crippen LogP) is 1.65. The summed E-state index contributed by atoms with van der Waals surface area (Å²) in [4.78, 5) is 2.21. The number of rotatable bonds is 6. The highest BCUT2D eigenvalue weighted by Gasteiger charge is 1.98. The molecule has 15 heavy (non-hydrogen) atoms. The van der Waals surface area contributed by atoms with Gasteiger partial charge in [0, 0.05) is 13.1 Å². The van der Waals surface area contributed by atoms with Crippen molar-refractivity contribution >= 4 is 0 Å². The monoisotopic (exact) mass is 210 g/mol. The molecule has 0 aliphatic heterocycles. The highest BCUT2D eigenvalue weighted by Crippen LogP contribution is 2.05. The standard InChI is InChI=1S/C12H19FN2/c1-15(10-8-14)9-2-3-11-4-6-12(13)7-5-11/h4-7H,2-3,8-10,14H2,1H3. The minimum Gasteiger partial charge on any atom is -0.329 e. The number of hydrogen-bond donors (Lipinski definition) is 1. The zero-order valence-electron chi connectivity index (χ0n) is 9.25. The first kappa shape index (κ1) is 12.1. The third-order valence-corrected chi connectivity index (χ3v) is 2.43. The Balaban J connectivity index is 2.22. The van der Waals surface area contributed by atoms with Crippen molar-refractivity contribution in [3.63, 3.8) is 0 Å². The molecule has 0 amide bonds. The van der Waals surface area contributed by atoms with Crippen LogP contribution in [0.2, 0.25) is 0 Å². The lowest BCUT2D eigenvalue weighted by atomic mass is 10.1. The van der Waals surface area contributed by atoms with E-state index in [1.807, 2.05) is 12.1 Å². The molecule has 3 heteroatoms. The number of nitrogens with two attached hydrogens (primary N) is 1. The maximum Gasteiger partial charge on any atom is 0.123 e. The van der Waals surface area contributed by atoms with Crippen LogP contribution in [0.4, 0.5) is 4.39 Å². The summed E-state index contributed by atoms with van der Waals surface area (Å²) < 4.78 is 12.6. The first-order valence-electron chi connectivity index (χ1n) is 5.35. The molecule has 2 N–H and O–H groups in total. The lowest BCUT2D eigenvalue weighted by Crippen LogP contribution is -2.26. The molecule has 0 saturated carbocycles. The van der Waals surface area contributed by atoms with Gasteiger partial charge in [-0.25, -0.2) is 4.39 Å². The first-order chi connectivity index (χ1) is 7.22. The SMILES string of the molecule is CN(CCN)CCCc1ccc(F)cc1. The first-order valence-corrected chi connectivity index (χ1v) is 5.35. The average molecular weight is 210 g/mol. The largest absolute Gasteiger partial charge is 0.329 e.